The maximum Gasteiger partial charge on any atom is 0.255 e. The lowest BCUT2D eigenvalue weighted by Gasteiger charge is -2.27. The number of amides is 2. The molecule has 0 saturated carbocycles. The molecule has 2 amide bonds. The van der Waals surface area contributed by atoms with Crippen LogP contribution < -0.4 is 10.1 Å². The van der Waals surface area contributed by atoms with Gasteiger partial charge in [0.2, 0.25) is 0 Å². The Kier molecular flexibility index (Phi) is 8.65. The maximum atomic E-state index is 13.8. The summed E-state index contributed by atoms with van der Waals surface area (Å²) >= 11 is 6.64. The molecule has 0 radical (unpaired) electrons. The van der Waals surface area contributed by atoms with Crippen molar-refractivity contribution < 1.29 is 28.6 Å². The van der Waals surface area contributed by atoms with Gasteiger partial charge in [0.15, 0.2) is 0 Å². The zero-order valence-corrected chi connectivity index (χ0v) is 24.4. The number of ether oxygens (including phenoxy) is 2. The molecule has 8 nitrogen and oxygen atoms in total. The van der Waals surface area contributed by atoms with Crippen LogP contribution in [-0.2, 0) is 17.6 Å². The summed E-state index contributed by atoms with van der Waals surface area (Å²) in [6.07, 6.45) is 4.66. The molecule has 0 unspecified atom stereocenters. The molecule has 3 aromatic carbocycles. The molecule has 3 N–H and O–H groups in total. The molecule has 1 saturated heterocycles. The molecule has 224 valence electrons. The minimum absolute atomic E-state index is 0.134. The van der Waals surface area contributed by atoms with Gasteiger partial charge in [-0.1, -0.05) is 17.7 Å². The van der Waals surface area contributed by atoms with E-state index in [1.165, 1.54) is 12.1 Å². The zero-order valence-electron chi connectivity index (χ0n) is 23.6. The topological polar surface area (TPSA) is 104 Å². The molecule has 3 heterocycles. The minimum Gasteiger partial charge on any atom is -0.492 e. The summed E-state index contributed by atoms with van der Waals surface area (Å²) in [4.78, 5) is 31.6. The van der Waals surface area contributed by atoms with Crippen LogP contribution in [-0.4, -0.2) is 72.4 Å². The molecule has 0 bridgehead atoms. The van der Waals surface area contributed by atoms with E-state index in [2.05, 4.69) is 10.3 Å². The Morgan fingerprint density at radius 3 is 2.65 bits per heavy atom. The number of hydrogen-bond donors (Lipinski definition) is 3. The summed E-state index contributed by atoms with van der Waals surface area (Å²) in [5.74, 6) is -0.294. The highest BCUT2D eigenvalue weighted by atomic mass is 35.5. The van der Waals surface area contributed by atoms with Crippen molar-refractivity contribution in [3.8, 4) is 16.9 Å². The Balaban J connectivity index is 1.28. The second-order valence-electron chi connectivity index (χ2n) is 11.0. The van der Waals surface area contributed by atoms with E-state index in [-0.39, 0.29) is 24.2 Å². The van der Waals surface area contributed by atoms with Crippen molar-refractivity contribution >= 4 is 34.3 Å². The van der Waals surface area contributed by atoms with Crippen LogP contribution >= 0.6 is 11.6 Å². The van der Waals surface area contributed by atoms with Gasteiger partial charge in [-0.05, 0) is 90.4 Å². The number of halogens is 2. The lowest BCUT2D eigenvalue weighted by molar-refractivity contribution is 0.0303. The summed E-state index contributed by atoms with van der Waals surface area (Å²) in [5.41, 5.74) is 4.78. The van der Waals surface area contributed by atoms with Gasteiger partial charge in [0.05, 0.1) is 48.6 Å². The van der Waals surface area contributed by atoms with Crippen LogP contribution in [0.5, 0.6) is 5.75 Å². The molecule has 0 spiro atoms. The number of morpholine rings is 1. The maximum absolute atomic E-state index is 13.8. The van der Waals surface area contributed by atoms with E-state index in [9.17, 15) is 19.1 Å². The van der Waals surface area contributed by atoms with Gasteiger partial charge in [-0.15, -0.1) is 0 Å². The number of hydrogen-bond acceptors (Lipinski definition) is 5. The Labute approximate surface area is 253 Å². The smallest absolute Gasteiger partial charge is 0.255 e. The van der Waals surface area contributed by atoms with Gasteiger partial charge in [0, 0.05) is 30.2 Å². The van der Waals surface area contributed by atoms with Crippen LogP contribution in [0.4, 0.5) is 4.39 Å². The number of aryl methyl sites for hydroxylation is 1. The monoisotopic (exact) mass is 605 g/mol. The first kappa shape index (κ1) is 29.2. The van der Waals surface area contributed by atoms with Crippen molar-refractivity contribution in [2.24, 2.45) is 0 Å². The first-order chi connectivity index (χ1) is 20.9. The largest absolute Gasteiger partial charge is 0.492 e. The minimum atomic E-state index is -0.582. The number of fused-ring (bicyclic) bond motifs is 2. The highest BCUT2D eigenvalue weighted by Gasteiger charge is 2.25. The number of benzene rings is 3. The van der Waals surface area contributed by atoms with Crippen molar-refractivity contribution in [1.29, 1.82) is 0 Å². The van der Waals surface area contributed by atoms with Crippen LogP contribution in [0, 0.1) is 5.82 Å². The summed E-state index contributed by atoms with van der Waals surface area (Å²) in [6.45, 7) is 2.27. The lowest BCUT2D eigenvalue weighted by Crippen LogP contribution is -2.40. The van der Waals surface area contributed by atoms with Gasteiger partial charge in [0.1, 0.15) is 11.6 Å². The van der Waals surface area contributed by atoms with E-state index in [1.54, 1.807) is 35.4 Å². The first-order valence-corrected chi connectivity index (χ1v) is 14.9. The quantitative estimate of drug-likeness (QED) is 0.270. The van der Waals surface area contributed by atoms with E-state index in [1.807, 2.05) is 12.1 Å². The highest BCUT2D eigenvalue weighted by Crippen LogP contribution is 2.35. The molecule has 2 aliphatic rings. The van der Waals surface area contributed by atoms with Gasteiger partial charge < -0.3 is 29.8 Å². The van der Waals surface area contributed by atoms with Crippen LogP contribution in [0.25, 0.3) is 22.0 Å². The summed E-state index contributed by atoms with van der Waals surface area (Å²) in [7, 11) is 0. The van der Waals surface area contributed by atoms with Crippen molar-refractivity contribution in [2.75, 3.05) is 39.5 Å². The third kappa shape index (κ3) is 6.25. The second kappa shape index (κ2) is 12.8. The Bertz CT molecular complexity index is 1670. The van der Waals surface area contributed by atoms with Gasteiger partial charge in [-0.3, -0.25) is 9.59 Å². The van der Waals surface area contributed by atoms with Crippen LogP contribution in [0.3, 0.4) is 0 Å². The molecule has 43 heavy (non-hydrogen) atoms. The van der Waals surface area contributed by atoms with Gasteiger partial charge in [0.25, 0.3) is 11.8 Å². The predicted octanol–water partition coefficient (Wildman–Crippen LogP) is 5.15. The fourth-order valence-electron chi connectivity index (χ4n) is 5.79. The van der Waals surface area contributed by atoms with Gasteiger partial charge >= 0.3 is 0 Å². The third-order valence-electron chi connectivity index (χ3n) is 8.08. The van der Waals surface area contributed by atoms with Crippen molar-refractivity contribution in [3.63, 3.8) is 0 Å². The zero-order chi connectivity index (χ0) is 29.9. The number of carbonyl (C=O) groups is 2. The number of aliphatic hydroxyl groups excluding tert-OH is 1. The average Bonchev–Trinajstić information content (AvgIpc) is 3.25. The number of aromatic nitrogens is 1. The molecule has 2 aliphatic heterocycles. The second-order valence-corrected chi connectivity index (χ2v) is 11.4. The highest BCUT2D eigenvalue weighted by molar-refractivity contribution is 6.34. The molecule has 6 rings (SSSR count). The van der Waals surface area contributed by atoms with Crippen molar-refractivity contribution in [3.05, 3.63) is 87.8 Å². The summed E-state index contributed by atoms with van der Waals surface area (Å²) < 4.78 is 25.1. The molecular weight excluding hydrogens is 573 g/mol. The predicted molar refractivity (Wildman–Crippen MR) is 162 cm³/mol. The van der Waals surface area contributed by atoms with E-state index in [0.29, 0.717) is 66.7 Å². The van der Waals surface area contributed by atoms with E-state index in [0.717, 1.165) is 46.9 Å². The van der Waals surface area contributed by atoms with E-state index < -0.39 is 6.04 Å². The standard InChI is InChI=1S/C33H33ClFN3O5/c34-29-16-20(4-6-27(29)33(41)38-8-11-42-12-9-38)22-13-21-3-1-2-10-43-31(21)28(15-22)32(40)37-25(19-39)14-23-18-36-30-17-24(35)5-7-26(23)30/h4-7,13,15-18,25,36,39H,1-3,8-12,14,19H2,(H,37,40)/t25-/m1/s1. The number of H-pyrrole nitrogens is 1. The molecular formula is C33H33ClFN3O5. The van der Waals surface area contributed by atoms with Gasteiger partial charge in [-0.2, -0.15) is 0 Å². The van der Waals surface area contributed by atoms with Crippen LogP contribution in [0.1, 0.15) is 44.7 Å². The number of rotatable bonds is 7. The summed E-state index contributed by atoms with van der Waals surface area (Å²) in [6, 6.07) is 13.0. The number of nitrogens with one attached hydrogen (secondary N) is 2. The average molecular weight is 606 g/mol. The molecule has 1 atom stereocenters. The normalized spacial score (nSPS) is 15.8. The molecule has 1 aromatic heterocycles. The Hall–Kier alpha value is -3.92. The first-order valence-electron chi connectivity index (χ1n) is 14.5. The molecule has 0 aliphatic carbocycles. The Morgan fingerprint density at radius 2 is 1.86 bits per heavy atom. The number of carbonyl (C=O) groups excluding carboxylic acids is 2. The van der Waals surface area contributed by atoms with Crippen molar-refractivity contribution in [2.45, 2.75) is 31.7 Å². The molecule has 1 fully saturated rings. The number of aromatic amines is 1. The fourth-order valence-corrected chi connectivity index (χ4v) is 6.06. The van der Waals surface area contributed by atoms with Crippen molar-refractivity contribution in [1.82, 2.24) is 15.2 Å². The summed E-state index contributed by atoms with van der Waals surface area (Å²) in [5, 5.41) is 14.3. The van der Waals surface area contributed by atoms with Gasteiger partial charge in [-0.25, -0.2) is 4.39 Å². The Morgan fingerprint density at radius 1 is 1.02 bits per heavy atom. The SMILES string of the molecule is O=C(N[C@@H](CO)Cc1c[nH]c2cc(F)ccc12)c1cc(-c2ccc(C(=O)N3CCOCC3)c(Cl)c2)cc2c1OCCCC2. The number of nitrogens with zero attached hydrogens (tertiary/aromatic N) is 1. The van der Waals surface area contributed by atoms with Crippen LogP contribution in [0.15, 0.2) is 54.7 Å². The van der Waals surface area contributed by atoms with Crippen LogP contribution in [0.2, 0.25) is 5.02 Å². The third-order valence-corrected chi connectivity index (χ3v) is 8.39. The fraction of sp³-hybridized carbons (Fsp3) is 0.333. The van der Waals surface area contributed by atoms with E-state index >= 15 is 0 Å². The lowest BCUT2D eigenvalue weighted by atomic mass is 9.95. The van der Waals surface area contributed by atoms with E-state index in [4.69, 9.17) is 21.1 Å². The number of aliphatic hydroxyl groups is 1. The molecule has 10 heteroatoms. The molecule has 4 aromatic rings.